The van der Waals surface area contributed by atoms with Gasteiger partial charge in [0.2, 0.25) is 0 Å². The number of aryl methyl sites for hydroxylation is 2. The molecule has 5 heteroatoms. The van der Waals surface area contributed by atoms with E-state index in [9.17, 15) is 13.0 Å². The van der Waals surface area contributed by atoms with Crippen LogP contribution >= 0.6 is 0 Å². The Bertz CT molecular complexity index is 785. The summed E-state index contributed by atoms with van der Waals surface area (Å²) in [5, 5.41) is 1.50. The van der Waals surface area contributed by atoms with Crippen molar-refractivity contribution >= 4 is 20.9 Å². The van der Waals surface area contributed by atoms with Gasteiger partial charge in [0, 0.05) is 5.39 Å². The molecule has 0 fully saturated rings. The molecule has 3 nitrogen and oxygen atoms in total. The van der Waals surface area contributed by atoms with Gasteiger partial charge in [0.05, 0.1) is 4.90 Å². The average Bonchev–Trinajstić information content (AvgIpc) is 2.54. The van der Waals surface area contributed by atoms with Gasteiger partial charge in [0.1, 0.15) is 10.1 Å². The van der Waals surface area contributed by atoms with Crippen LogP contribution in [0.2, 0.25) is 0 Å². The van der Waals surface area contributed by atoms with Crippen molar-refractivity contribution in [3.8, 4) is 0 Å². The third-order valence-corrected chi connectivity index (χ3v) is 5.48. The van der Waals surface area contributed by atoms with E-state index in [2.05, 4.69) is 13.8 Å². The summed E-state index contributed by atoms with van der Waals surface area (Å²) in [5.74, 6) is 0. The molecule has 2 aromatic rings. The van der Waals surface area contributed by atoms with Crippen molar-refractivity contribution in [2.45, 2.75) is 70.1 Å². The van der Waals surface area contributed by atoms with Crippen molar-refractivity contribution in [1.29, 1.82) is 0 Å². The van der Waals surface area contributed by atoms with Gasteiger partial charge in [-0.25, -0.2) is 8.42 Å². The first-order valence-corrected chi connectivity index (χ1v) is 10.4. The van der Waals surface area contributed by atoms with Gasteiger partial charge < -0.3 is 4.55 Å². The van der Waals surface area contributed by atoms with Gasteiger partial charge in [-0.05, 0) is 42.2 Å². The molecule has 0 amide bonds. The average molecular weight is 387 g/mol. The van der Waals surface area contributed by atoms with Gasteiger partial charge in [-0.1, -0.05) is 69.9 Å². The number of hydrogen-bond donors (Lipinski definition) is 0. The fraction of sp³-hybridized carbons (Fsp3) is 0.500. The van der Waals surface area contributed by atoms with Crippen LogP contribution in [0.25, 0.3) is 10.8 Å². The summed E-state index contributed by atoms with van der Waals surface area (Å²) in [6.45, 7) is 4.25. The fourth-order valence-corrected chi connectivity index (χ4v) is 4.27. The maximum atomic E-state index is 12.0. The Labute approximate surface area is 194 Å². The van der Waals surface area contributed by atoms with Gasteiger partial charge in [-0.3, -0.25) is 0 Å². The standard InChI is InChI=1S/C20H28O3S.K/c1-3-5-7-10-16-12-9-13-17-14-15-18(11-8-6-4-2)20(19(16)17)24(21,22)23;/h9,12-15H,3-8,10-11H2,1-2H3,(H,21,22,23);/q;+1/p-1. The first kappa shape index (κ1) is 23.3. The van der Waals surface area contributed by atoms with Gasteiger partial charge in [0.15, 0.2) is 0 Å². The molecule has 0 saturated heterocycles. The van der Waals surface area contributed by atoms with E-state index >= 15 is 0 Å². The van der Waals surface area contributed by atoms with E-state index in [0.717, 1.165) is 55.9 Å². The summed E-state index contributed by atoms with van der Waals surface area (Å²) in [7, 11) is -4.50. The van der Waals surface area contributed by atoms with Crippen molar-refractivity contribution < 1.29 is 64.4 Å². The van der Waals surface area contributed by atoms with E-state index in [0.29, 0.717) is 17.4 Å². The molecule has 0 aromatic heterocycles. The zero-order chi connectivity index (χ0) is 17.6. The first-order chi connectivity index (χ1) is 11.5. The van der Waals surface area contributed by atoms with Crippen LogP contribution in [-0.2, 0) is 23.0 Å². The van der Waals surface area contributed by atoms with Crippen LogP contribution in [0.5, 0.6) is 0 Å². The number of hydrogen-bond acceptors (Lipinski definition) is 3. The molecule has 2 aromatic carbocycles. The molecule has 0 atom stereocenters. The van der Waals surface area contributed by atoms with Crippen LogP contribution < -0.4 is 51.4 Å². The number of rotatable bonds is 9. The molecule has 0 heterocycles. The van der Waals surface area contributed by atoms with Gasteiger partial charge in [-0.2, -0.15) is 0 Å². The molecule has 0 spiro atoms. The van der Waals surface area contributed by atoms with Crippen molar-refractivity contribution in [3.63, 3.8) is 0 Å². The van der Waals surface area contributed by atoms with E-state index in [4.69, 9.17) is 0 Å². The van der Waals surface area contributed by atoms with Crippen molar-refractivity contribution in [3.05, 3.63) is 41.5 Å². The first-order valence-electron chi connectivity index (χ1n) is 8.98. The number of fused-ring (bicyclic) bond motifs is 1. The van der Waals surface area contributed by atoms with Crippen LogP contribution in [0.15, 0.2) is 35.2 Å². The third-order valence-electron chi connectivity index (χ3n) is 4.52. The summed E-state index contributed by atoms with van der Waals surface area (Å²) >= 11 is 0. The summed E-state index contributed by atoms with van der Waals surface area (Å²) in [6, 6.07) is 9.57. The summed E-state index contributed by atoms with van der Waals surface area (Å²) < 4.78 is 36.1. The molecule has 0 aliphatic heterocycles. The smallest absolute Gasteiger partial charge is 0.744 e. The molecule has 25 heavy (non-hydrogen) atoms. The van der Waals surface area contributed by atoms with Crippen molar-refractivity contribution in [2.75, 3.05) is 0 Å². The predicted octanol–water partition coefficient (Wildman–Crippen LogP) is 2.21. The number of benzene rings is 2. The van der Waals surface area contributed by atoms with Crippen LogP contribution in [0.1, 0.15) is 63.5 Å². The molecule has 0 unspecified atom stereocenters. The molecular formula is C20H27KO3S. The zero-order valence-corrected chi connectivity index (χ0v) is 19.6. The molecule has 2 rings (SSSR count). The summed E-state index contributed by atoms with van der Waals surface area (Å²) in [6.07, 6.45) is 7.68. The zero-order valence-electron chi connectivity index (χ0n) is 15.7. The van der Waals surface area contributed by atoms with E-state index in [1.165, 1.54) is 0 Å². The minimum absolute atomic E-state index is 0. The van der Waals surface area contributed by atoms with Crippen LogP contribution in [-0.4, -0.2) is 13.0 Å². The van der Waals surface area contributed by atoms with Crippen molar-refractivity contribution in [1.82, 2.24) is 0 Å². The maximum Gasteiger partial charge on any atom is 1.00 e. The normalized spacial score (nSPS) is 11.5. The fourth-order valence-electron chi connectivity index (χ4n) is 3.28. The quantitative estimate of drug-likeness (QED) is 0.377. The van der Waals surface area contributed by atoms with Crippen LogP contribution in [0.3, 0.4) is 0 Å². The SMILES string of the molecule is CCCCCc1ccc2cccc(CCCCC)c2c1S(=O)(=O)[O-].[K+]. The Morgan fingerprint density at radius 1 is 0.840 bits per heavy atom. The molecule has 0 saturated carbocycles. The molecule has 0 bridgehead atoms. The Balaban J connectivity index is 0.00000312. The van der Waals surface area contributed by atoms with Gasteiger partial charge in [0.25, 0.3) is 0 Å². The minimum Gasteiger partial charge on any atom is -0.744 e. The summed E-state index contributed by atoms with van der Waals surface area (Å²) in [5.41, 5.74) is 1.65. The van der Waals surface area contributed by atoms with Crippen LogP contribution in [0.4, 0.5) is 0 Å². The van der Waals surface area contributed by atoms with E-state index in [1.54, 1.807) is 0 Å². The molecular weight excluding hydrogens is 359 g/mol. The largest absolute Gasteiger partial charge is 1.00 e. The molecule has 0 aliphatic rings. The molecule has 0 N–H and O–H groups in total. The van der Waals surface area contributed by atoms with Crippen molar-refractivity contribution in [2.24, 2.45) is 0 Å². The second-order valence-corrected chi connectivity index (χ2v) is 7.75. The topological polar surface area (TPSA) is 57.2 Å². The molecule has 0 aliphatic carbocycles. The third kappa shape index (κ3) is 6.42. The Kier molecular flexibility index (Phi) is 10.4. The van der Waals surface area contributed by atoms with Gasteiger partial charge in [-0.15, -0.1) is 0 Å². The monoisotopic (exact) mass is 386 g/mol. The predicted molar refractivity (Wildman–Crippen MR) is 98.4 cm³/mol. The Hall–Kier alpha value is 0.246. The second-order valence-electron chi connectivity index (χ2n) is 6.44. The van der Waals surface area contributed by atoms with Gasteiger partial charge >= 0.3 is 51.4 Å². The van der Waals surface area contributed by atoms with E-state index in [-0.39, 0.29) is 56.3 Å². The minimum atomic E-state index is -4.50. The summed E-state index contributed by atoms with van der Waals surface area (Å²) in [4.78, 5) is 0.0169. The molecule has 0 radical (unpaired) electrons. The van der Waals surface area contributed by atoms with E-state index in [1.807, 2.05) is 30.3 Å². The van der Waals surface area contributed by atoms with Crippen LogP contribution in [0, 0.1) is 0 Å². The van der Waals surface area contributed by atoms with E-state index < -0.39 is 10.1 Å². The Morgan fingerprint density at radius 3 is 2.00 bits per heavy atom. The maximum absolute atomic E-state index is 12.0. The second kappa shape index (κ2) is 11.2. The number of unbranched alkanes of at least 4 members (excludes halogenated alkanes) is 4. The molecule has 132 valence electrons. The Morgan fingerprint density at radius 2 is 1.44 bits per heavy atom.